The number of aryl methyl sites for hydroxylation is 1. The van der Waals surface area contributed by atoms with Crippen LogP contribution in [-0.4, -0.2) is 52.3 Å². The number of nitrogens with zero attached hydrogens (tertiary/aromatic N) is 3. The number of hydrogen-bond acceptors (Lipinski definition) is 6. The maximum absolute atomic E-state index is 9.88. The molecular formula is C20H29N3O2S. The maximum atomic E-state index is 9.88. The van der Waals surface area contributed by atoms with Crippen molar-refractivity contribution in [1.29, 1.82) is 0 Å². The van der Waals surface area contributed by atoms with E-state index in [4.69, 9.17) is 4.74 Å². The Morgan fingerprint density at radius 1 is 1.23 bits per heavy atom. The molecule has 2 atom stereocenters. The van der Waals surface area contributed by atoms with Gasteiger partial charge in [0.1, 0.15) is 17.3 Å². The van der Waals surface area contributed by atoms with Gasteiger partial charge in [-0.3, -0.25) is 0 Å². The lowest BCUT2D eigenvalue weighted by Gasteiger charge is -2.32. The van der Waals surface area contributed by atoms with Crippen molar-refractivity contribution in [2.75, 3.05) is 14.1 Å². The van der Waals surface area contributed by atoms with Crippen LogP contribution in [0.2, 0.25) is 0 Å². The van der Waals surface area contributed by atoms with Gasteiger partial charge >= 0.3 is 0 Å². The zero-order valence-corrected chi connectivity index (χ0v) is 16.8. The van der Waals surface area contributed by atoms with Crippen molar-refractivity contribution in [3.8, 4) is 5.88 Å². The summed E-state index contributed by atoms with van der Waals surface area (Å²) in [6, 6.07) is 0.668. The normalized spacial score (nSPS) is 27.0. The van der Waals surface area contributed by atoms with Crippen LogP contribution in [0.4, 0.5) is 0 Å². The minimum Gasteiger partial charge on any atom is -0.474 e. The second-order valence-corrected chi connectivity index (χ2v) is 9.21. The first-order valence-corrected chi connectivity index (χ1v) is 10.6. The SMILES string of the molecule is CC(O)C[C@H]1CCc2sc3ncnc(OC4CCC(N(C)C)CC4)c3c21. The number of ether oxygens (including phenoxy) is 1. The molecule has 4 rings (SSSR count). The van der Waals surface area contributed by atoms with Crippen molar-refractivity contribution in [3.63, 3.8) is 0 Å². The summed E-state index contributed by atoms with van der Waals surface area (Å²) in [6.07, 6.45) is 9.13. The molecule has 2 aromatic rings. The van der Waals surface area contributed by atoms with Crippen LogP contribution in [0, 0.1) is 0 Å². The number of hydrogen-bond donors (Lipinski definition) is 1. The molecule has 1 unspecified atom stereocenters. The first kappa shape index (κ1) is 18.1. The van der Waals surface area contributed by atoms with Crippen LogP contribution in [-0.2, 0) is 6.42 Å². The number of rotatable bonds is 5. The highest BCUT2D eigenvalue weighted by molar-refractivity contribution is 7.19. The van der Waals surface area contributed by atoms with Gasteiger partial charge in [-0.2, -0.15) is 0 Å². The van der Waals surface area contributed by atoms with E-state index < -0.39 is 0 Å². The van der Waals surface area contributed by atoms with E-state index in [2.05, 4.69) is 29.0 Å². The van der Waals surface area contributed by atoms with Crippen molar-refractivity contribution in [2.45, 2.75) is 76.0 Å². The Morgan fingerprint density at radius 3 is 2.69 bits per heavy atom. The fraction of sp³-hybridized carbons (Fsp3) is 0.700. The molecule has 2 heterocycles. The highest BCUT2D eigenvalue weighted by atomic mass is 32.1. The minimum atomic E-state index is -0.281. The van der Waals surface area contributed by atoms with Gasteiger partial charge in [-0.05, 0) is 77.4 Å². The van der Waals surface area contributed by atoms with Crippen LogP contribution in [0.25, 0.3) is 10.2 Å². The Hall–Kier alpha value is -1.24. The smallest absolute Gasteiger partial charge is 0.225 e. The molecule has 5 nitrogen and oxygen atoms in total. The summed E-state index contributed by atoms with van der Waals surface area (Å²) >= 11 is 1.78. The molecule has 1 fully saturated rings. The summed E-state index contributed by atoms with van der Waals surface area (Å²) in [6.45, 7) is 1.88. The molecule has 26 heavy (non-hydrogen) atoms. The molecule has 0 amide bonds. The molecule has 2 aliphatic rings. The molecule has 0 bridgehead atoms. The number of aliphatic hydroxyl groups excluding tert-OH is 1. The molecule has 1 saturated carbocycles. The first-order valence-electron chi connectivity index (χ1n) is 9.80. The Labute approximate surface area is 159 Å². The van der Waals surface area contributed by atoms with Gasteiger partial charge in [-0.1, -0.05) is 0 Å². The lowest BCUT2D eigenvalue weighted by atomic mass is 9.92. The van der Waals surface area contributed by atoms with Crippen LogP contribution in [0.15, 0.2) is 6.33 Å². The largest absolute Gasteiger partial charge is 0.474 e. The van der Waals surface area contributed by atoms with Crippen molar-refractivity contribution in [2.24, 2.45) is 0 Å². The first-order chi connectivity index (χ1) is 12.5. The Morgan fingerprint density at radius 2 is 2.00 bits per heavy atom. The third kappa shape index (κ3) is 3.47. The Kier molecular flexibility index (Phi) is 5.17. The van der Waals surface area contributed by atoms with Crippen molar-refractivity contribution in [1.82, 2.24) is 14.9 Å². The number of thiophene rings is 1. The van der Waals surface area contributed by atoms with Gasteiger partial charge in [0, 0.05) is 10.9 Å². The van der Waals surface area contributed by atoms with Gasteiger partial charge < -0.3 is 14.7 Å². The summed E-state index contributed by atoms with van der Waals surface area (Å²) < 4.78 is 6.41. The molecule has 0 aliphatic heterocycles. The molecule has 0 aromatic carbocycles. The minimum absolute atomic E-state index is 0.247. The molecule has 1 N–H and O–H groups in total. The van der Waals surface area contributed by atoms with Gasteiger partial charge in [-0.15, -0.1) is 11.3 Å². The number of aliphatic hydroxyl groups is 1. The molecular weight excluding hydrogens is 346 g/mol. The second kappa shape index (κ2) is 7.41. The van der Waals surface area contributed by atoms with Crippen LogP contribution in [0.3, 0.4) is 0 Å². The Bertz CT molecular complexity index is 766. The molecule has 0 saturated heterocycles. The Balaban J connectivity index is 1.58. The molecule has 2 aliphatic carbocycles. The molecule has 142 valence electrons. The van der Waals surface area contributed by atoms with Crippen LogP contribution in [0.5, 0.6) is 5.88 Å². The van der Waals surface area contributed by atoms with Crippen LogP contribution in [0.1, 0.15) is 61.8 Å². The summed E-state index contributed by atoms with van der Waals surface area (Å²) in [5, 5.41) is 11.0. The van der Waals surface area contributed by atoms with Crippen LogP contribution < -0.4 is 4.74 Å². The third-order valence-corrected chi connectivity index (χ3v) is 7.15. The predicted octanol–water partition coefficient (Wildman–Crippen LogP) is 3.74. The average Bonchev–Trinajstić information content (AvgIpc) is 3.15. The van der Waals surface area contributed by atoms with Gasteiger partial charge in [0.15, 0.2) is 0 Å². The van der Waals surface area contributed by atoms with Gasteiger partial charge in [0.2, 0.25) is 5.88 Å². The fourth-order valence-corrected chi connectivity index (χ4v) is 5.85. The lowest BCUT2D eigenvalue weighted by Crippen LogP contribution is -2.35. The van der Waals surface area contributed by atoms with E-state index in [1.165, 1.54) is 23.3 Å². The van der Waals surface area contributed by atoms with Crippen molar-refractivity contribution >= 4 is 21.6 Å². The monoisotopic (exact) mass is 375 g/mol. The summed E-state index contributed by atoms with van der Waals surface area (Å²) in [4.78, 5) is 13.8. The third-order valence-electron chi connectivity index (χ3n) is 5.97. The van der Waals surface area contributed by atoms with E-state index in [0.29, 0.717) is 12.0 Å². The highest BCUT2D eigenvalue weighted by Crippen LogP contribution is 2.47. The maximum Gasteiger partial charge on any atom is 0.225 e. The van der Waals surface area contributed by atoms with E-state index in [0.717, 1.165) is 48.2 Å². The van der Waals surface area contributed by atoms with E-state index in [9.17, 15) is 5.11 Å². The van der Waals surface area contributed by atoms with E-state index in [1.54, 1.807) is 17.7 Å². The predicted molar refractivity (Wildman–Crippen MR) is 105 cm³/mol. The van der Waals surface area contributed by atoms with Crippen molar-refractivity contribution in [3.05, 3.63) is 16.8 Å². The second-order valence-electron chi connectivity index (χ2n) is 8.13. The topological polar surface area (TPSA) is 58.5 Å². The van der Waals surface area contributed by atoms with Gasteiger partial charge in [0.25, 0.3) is 0 Å². The zero-order valence-electron chi connectivity index (χ0n) is 15.9. The molecule has 0 radical (unpaired) electrons. The van der Waals surface area contributed by atoms with E-state index >= 15 is 0 Å². The zero-order chi connectivity index (χ0) is 18.3. The molecule has 6 heteroatoms. The molecule has 2 aromatic heterocycles. The summed E-state index contributed by atoms with van der Waals surface area (Å²) in [5.74, 6) is 1.16. The number of fused-ring (bicyclic) bond motifs is 3. The van der Waals surface area contributed by atoms with Gasteiger partial charge in [0.05, 0.1) is 11.5 Å². The summed E-state index contributed by atoms with van der Waals surface area (Å²) in [5.41, 5.74) is 1.35. The van der Waals surface area contributed by atoms with E-state index in [-0.39, 0.29) is 12.2 Å². The molecule has 0 spiro atoms. The quantitative estimate of drug-likeness (QED) is 0.863. The average molecular weight is 376 g/mol. The highest BCUT2D eigenvalue weighted by Gasteiger charge is 2.32. The van der Waals surface area contributed by atoms with Crippen molar-refractivity contribution < 1.29 is 9.84 Å². The number of aromatic nitrogens is 2. The summed E-state index contributed by atoms with van der Waals surface area (Å²) in [7, 11) is 4.33. The van der Waals surface area contributed by atoms with Crippen LogP contribution >= 0.6 is 11.3 Å². The fourth-order valence-electron chi connectivity index (χ4n) is 4.61. The lowest BCUT2D eigenvalue weighted by molar-refractivity contribution is 0.108. The van der Waals surface area contributed by atoms with Gasteiger partial charge in [-0.25, -0.2) is 9.97 Å². The standard InChI is InChI=1S/C20H29N3O2S/c1-12(24)10-13-4-9-16-17(13)18-19(21-11-22-20(18)26-16)25-15-7-5-14(6-8-15)23(2)3/h11-15,24H,4-10H2,1-3H3/t12?,13-,14?,15?/m1/s1. The van der Waals surface area contributed by atoms with E-state index in [1.807, 2.05) is 6.92 Å².